The summed E-state index contributed by atoms with van der Waals surface area (Å²) in [5, 5.41) is 15.5. The van der Waals surface area contributed by atoms with E-state index >= 15 is 0 Å². The molecule has 2 aromatic rings. The van der Waals surface area contributed by atoms with Crippen LogP contribution >= 0.6 is 0 Å². The fourth-order valence-electron chi connectivity index (χ4n) is 5.87. The molecule has 2 saturated carbocycles. The first-order chi connectivity index (χ1) is 12.7. The third-order valence-corrected chi connectivity index (χ3v) is 7.19. The van der Waals surface area contributed by atoms with Gasteiger partial charge in [-0.15, -0.1) is 0 Å². The average molecular weight is 367 g/mol. The third kappa shape index (κ3) is 2.78. The van der Waals surface area contributed by atoms with Gasteiger partial charge >= 0.3 is 0 Å². The summed E-state index contributed by atoms with van der Waals surface area (Å²) in [6, 6.07) is 4.60. The van der Waals surface area contributed by atoms with Crippen molar-refractivity contribution >= 4 is 16.8 Å². The molecule has 0 bridgehead atoms. The van der Waals surface area contributed by atoms with Crippen molar-refractivity contribution in [1.29, 1.82) is 0 Å². The highest BCUT2D eigenvalue weighted by Gasteiger charge is 2.55. The van der Waals surface area contributed by atoms with Gasteiger partial charge in [0.15, 0.2) is 0 Å². The lowest BCUT2D eigenvalue weighted by atomic mass is 9.56. The van der Waals surface area contributed by atoms with Gasteiger partial charge in [0.1, 0.15) is 0 Å². The predicted octanol–water partition coefficient (Wildman–Crippen LogP) is 2.82. The summed E-state index contributed by atoms with van der Waals surface area (Å²) in [5.74, 6) is 1.06. The normalized spacial score (nSPS) is 29.5. The van der Waals surface area contributed by atoms with Crippen molar-refractivity contribution in [1.82, 2.24) is 14.7 Å². The van der Waals surface area contributed by atoms with Crippen LogP contribution in [0.15, 0.2) is 18.3 Å². The van der Waals surface area contributed by atoms with Crippen LogP contribution in [0.5, 0.6) is 0 Å². The molecule has 1 saturated heterocycles. The summed E-state index contributed by atoms with van der Waals surface area (Å²) < 4.78 is 1.96. The molecule has 5 nitrogen and oxygen atoms in total. The molecule has 27 heavy (non-hydrogen) atoms. The van der Waals surface area contributed by atoms with Crippen LogP contribution in [0.4, 0.5) is 0 Å². The number of likely N-dealkylation sites (tertiary alicyclic amines) is 1. The third-order valence-electron chi connectivity index (χ3n) is 7.19. The first kappa shape index (κ1) is 17.2. The molecule has 0 atom stereocenters. The standard InChI is InChI=1S/C22H29N3O2/c1-14-4-15(6-19-18(14)11-23-24(19)3)5-16-7-22(8-16)12-25(13-22)20(26)17-9-21(2,27)10-17/h4,6,11,16-17,27H,5,7-10,12-13H2,1-3H3. The molecule has 1 aromatic heterocycles. The largest absolute Gasteiger partial charge is 0.390 e. The topological polar surface area (TPSA) is 58.4 Å². The molecular weight excluding hydrogens is 338 g/mol. The molecule has 144 valence electrons. The van der Waals surface area contributed by atoms with Crippen molar-refractivity contribution in [3.05, 3.63) is 29.5 Å². The Morgan fingerprint density at radius 1 is 1.26 bits per heavy atom. The zero-order chi connectivity index (χ0) is 19.0. The minimum absolute atomic E-state index is 0.0572. The van der Waals surface area contributed by atoms with E-state index in [0.29, 0.717) is 18.3 Å². The maximum Gasteiger partial charge on any atom is 0.225 e. The van der Waals surface area contributed by atoms with Gasteiger partial charge in [-0.3, -0.25) is 9.48 Å². The maximum absolute atomic E-state index is 12.5. The monoisotopic (exact) mass is 367 g/mol. The number of fused-ring (bicyclic) bond motifs is 1. The summed E-state index contributed by atoms with van der Waals surface area (Å²) in [6.07, 6.45) is 6.82. The van der Waals surface area contributed by atoms with Crippen molar-refractivity contribution in [2.45, 2.75) is 51.6 Å². The highest BCUT2D eigenvalue weighted by atomic mass is 16.3. The lowest BCUT2D eigenvalue weighted by Gasteiger charge is -2.60. The van der Waals surface area contributed by atoms with Crippen molar-refractivity contribution in [3.63, 3.8) is 0 Å². The van der Waals surface area contributed by atoms with E-state index < -0.39 is 5.60 Å². The number of aromatic nitrogens is 2. The van der Waals surface area contributed by atoms with E-state index in [2.05, 4.69) is 24.2 Å². The van der Waals surface area contributed by atoms with E-state index in [1.54, 1.807) is 0 Å². The first-order valence-corrected chi connectivity index (χ1v) is 10.2. The Morgan fingerprint density at radius 3 is 2.63 bits per heavy atom. The van der Waals surface area contributed by atoms with Crippen molar-refractivity contribution in [2.24, 2.45) is 24.3 Å². The number of aliphatic hydroxyl groups is 1. The van der Waals surface area contributed by atoms with Gasteiger partial charge in [-0.05, 0) is 69.1 Å². The first-order valence-electron chi connectivity index (χ1n) is 10.2. The molecule has 1 spiro atoms. The molecule has 5 heteroatoms. The fourth-order valence-corrected chi connectivity index (χ4v) is 5.87. The Bertz CT molecular complexity index is 907. The van der Waals surface area contributed by atoms with E-state index in [9.17, 15) is 9.90 Å². The molecule has 2 heterocycles. The van der Waals surface area contributed by atoms with Gasteiger partial charge in [-0.1, -0.05) is 6.07 Å². The van der Waals surface area contributed by atoms with E-state index in [0.717, 1.165) is 25.4 Å². The van der Waals surface area contributed by atoms with Gasteiger partial charge in [0.05, 0.1) is 17.3 Å². The van der Waals surface area contributed by atoms with Crippen molar-refractivity contribution in [2.75, 3.05) is 13.1 Å². The quantitative estimate of drug-likeness (QED) is 0.908. The molecule has 2 aliphatic carbocycles. The number of hydrogen-bond donors (Lipinski definition) is 1. The number of rotatable bonds is 3. The van der Waals surface area contributed by atoms with Gasteiger partial charge in [-0.25, -0.2) is 0 Å². The Kier molecular flexibility index (Phi) is 3.55. The van der Waals surface area contributed by atoms with Crippen LogP contribution < -0.4 is 0 Å². The number of benzene rings is 1. The van der Waals surface area contributed by atoms with Gasteiger partial charge in [-0.2, -0.15) is 5.10 Å². The average Bonchev–Trinajstić information content (AvgIpc) is 2.87. The lowest BCUT2D eigenvalue weighted by molar-refractivity contribution is -0.171. The van der Waals surface area contributed by atoms with Crippen LogP contribution in [-0.2, 0) is 18.3 Å². The number of aryl methyl sites for hydroxylation is 2. The van der Waals surface area contributed by atoms with Gasteiger partial charge < -0.3 is 10.0 Å². The van der Waals surface area contributed by atoms with Crippen LogP contribution in [0.2, 0.25) is 0 Å². The Labute approximate surface area is 160 Å². The predicted molar refractivity (Wildman–Crippen MR) is 104 cm³/mol. The highest BCUT2D eigenvalue weighted by Crippen LogP contribution is 2.54. The maximum atomic E-state index is 12.5. The minimum Gasteiger partial charge on any atom is -0.390 e. The van der Waals surface area contributed by atoms with Gasteiger partial charge in [0.25, 0.3) is 0 Å². The summed E-state index contributed by atoms with van der Waals surface area (Å²) in [7, 11) is 2.01. The molecular formula is C22H29N3O2. The molecule has 3 aliphatic rings. The number of nitrogens with zero attached hydrogens (tertiary/aromatic N) is 3. The summed E-state index contributed by atoms with van der Waals surface area (Å²) >= 11 is 0. The smallest absolute Gasteiger partial charge is 0.225 e. The highest BCUT2D eigenvalue weighted by molar-refractivity contribution is 5.83. The van der Waals surface area contributed by atoms with E-state index in [-0.39, 0.29) is 11.8 Å². The van der Waals surface area contributed by atoms with Crippen molar-refractivity contribution in [3.8, 4) is 0 Å². The number of carbonyl (C=O) groups excluding carboxylic acids is 1. The zero-order valence-electron chi connectivity index (χ0n) is 16.5. The Morgan fingerprint density at radius 2 is 1.96 bits per heavy atom. The molecule has 1 aliphatic heterocycles. The number of hydrogen-bond acceptors (Lipinski definition) is 3. The second-order valence-corrected chi connectivity index (χ2v) is 9.89. The second-order valence-electron chi connectivity index (χ2n) is 9.89. The van der Waals surface area contributed by atoms with Crippen molar-refractivity contribution < 1.29 is 9.90 Å². The van der Waals surface area contributed by atoms with Crippen LogP contribution in [0.1, 0.15) is 43.7 Å². The zero-order valence-corrected chi connectivity index (χ0v) is 16.5. The van der Waals surface area contributed by atoms with E-state index in [4.69, 9.17) is 0 Å². The molecule has 3 fully saturated rings. The summed E-state index contributed by atoms with van der Waals surface area (Å²) in [6.45, 7) is 5.86. The minimum atomic E-state index is -0.614. The molecule has 0 radical (unpaired) electrons. The van der Waals surface area contributed by atoms with Gasteiger partial charge in [0.2, 0.25) is 5.91 Å². The van der Waals surface area contributed by atoms with E-state index in [1.165, 1.54) is 34.9 Å². The molecule has 1 aromatic carbocycles. The molecule has 5 rings (SSSR count). The number of amides is 1. The summed E-state index contributed by atoms with van der Waals surface area (Å²) in [5.41, 5.74) is 3.71. The van der Waals surface area contributed by atoms with Crippen LogP contribution in [-0.4, -0.2) is 44.4 Å². The SMILES string of the molecule is Cc1cc(CC2CC3(C2)CN(C(=O)C2CC(C)(O)C2)C3)cc2c1cnn2C. The Balaban J connectivity index is 1.16. The lowest BCUT2D eigenvalue weighted by Crippen LogP contribution is -2.66. The van der Waals surface area contributed by atoms with Crippen LogP contribution in [0.25, 0.3) is 10.9 Å². The van der Waals surface area contributed by atoms with E-state index in [1.807, 2.05) is 29.7 Å². The number of carbonyl (C=O) groups is 1. The van der Waals surface area contributed by atoms with Gasteiger partial charge in [0, 0.05) is 36.9 Å². The van der Waals surface area contributed by atoms with Crippen LogP contribution in [0.3, 0.4) is 0 Å². The summed E-state index contributed by atoms with van der Waals surface area (Å²) in [4.78, 5) is 14.5. The molecule has 0 unspecified atom stereocenters. The molecule has 1 amide bonds. The Hall–Kier alpha value is -1.88. The molecule has 1 N–H and O–H groups in total. The van der Waals surface area contributed by atoms with Crippen LogP contribution in [0, 0.1) is 24.2 Å². The second kappa shape index (κ2) is 5.57. The fraction of sp³-hybridized carbons (Fsp3) is 0.636.